The van der Waals surface area contributed by atoms with E-state index in [1.807, 2.05) is 11.4 Å². The van der Waals surface area contributed by atoms with Gasteiger partial charge in [-0.05, 0) is 36.1 Å². The molecule has 1 heterocycles. The number of Topliss-reactive ketones (excluding diaryl/α,β-unsaturated/α-hetero) is 1. The van der Waals surface area contributed by atoms with Gasteiger partial charge in [0.05, 0.1) is 17.6 Å². The van der Waals surface area contributed by atoms with Gasteiger partial charge in [0.1, 0.15) is 0 Å². The van der Waals surface area contributed by atoms with Gasteiger partial charge in [-0.15, -0.1) is 11.3 Å². The number of benzene rings is 1. The van der Waals surface area contributed by atoms with Gasteiger partial charge < -0.3 is 15.1 Å². The number of nitrogens with zero attached hydrogens (tertiary/aromatic N) is 1. The lowest BCUT2D eigenvalue weighted by Crippen LogP contribution is -2.35. The van der Waals surface area contributed by atoms with Crippen molar-refractivity contribution in [1.82, 2.24) is 4.90 Å². The summed E-state index contributed by atoms with van der Waals surface area (Å²) in [6.07, 6.45) is -0.952. The Morgan fingerprint density at radius 2 is 1.87 bits per heavy atom. The molecule has 0 bridgehead atoms. The molecule has 0 saturated carbocycles. The number of hydrogen-bond donors (Lipinski definition) is 2. The lowest BCUT2D eigenvalue weighted by atomic mass is 10.0. The minimum atomic E-state index is -0.952. The minimum Gasteiger partial charge on any atom is -0.394 e. The van der Waals surface area contributed by atoms with E-state index in [2.05, 4.69) is 0 Å². The van der Waals surface area contributed by atoms with E-state index < -0.39 is 6.10 Å². The van der Waals surface area contributed by atoms with Crippen molar-refractivity contribution in [3.63, 3.8) is 0 Å². The van der Waals surface area contributed by atoms with E-state index in [0.717, 1.165) is 11.1 Å². The molecule has 0 radical (unpaired) electrons. The zero-order valence-electron chi connectivity index (χ0n) is 13.0. The first-order valence-corrected chi connectivity index (χ1v) is 8.05. The fourth-order valence-corrected chi connectivity index (χ4v) is 3.10. The summed E-state index contributed by atoms with van der Waals surface area (Å²) in [6, 6.07) is 8.89. The molecular weight excluding hydrogens is 314 g/mol. The highest BCUT2D eigenvalue weighted by atomic mass is 32.1. The van der Waals surface area contributed by atoms with Crippen LogP contribution in [0.2, 0.25) is 0 Å². The summed E-state index contributed by atoms with van der Waals surface area (Å²) >= 11 is 1.40. The zero-order valence-corrected chi connectivity index (χ0v) is 13.8. The molecule has 1 amide bonds. The van der Waals surface area contributed by atoms with Gasteiger partial charge >= 0.3 is 0 Å². The van der Waals surface area contributed by atoms with Crippen molar-refractivity contribution < 1.29 is 19.8 Å². The Bertz CT molecular complexity index is 693. The molecule has 0 saturated heterocycles. The standard InChI is InChI=1S/C17H19NO4S/c1-11(20)16-15(7-8-23-16)12-3-5-13(6-4-12)17(22)18(2)9-14(21)10-19/h3-8,14,19,21H,9-10H2,1-2H3/t14-/m0/s1. The summed E-state index contributed by atoms with van der Waals surface area (Å²) in [5.74, 6) is -0.214. The summed E-state index contributed by atoms with van der Waals surface area (Å²) in [6.45, 7) is 1.22. The molecule has 2 N–H and O–H groups in total. The largest absolute Gasteiger partial charge is 0.394 e. The van der Waals surface area contributed by atoms with Crippen LogP contribution in [0.4, 0.5) is 0 Å². The van der Waals surface area contributed by atoms with E-state index in [1.54, 1.807) is 31.3 Å². The van der Waals surface area contributed by atoms with Crippen LogP contribution in [0, 0.1) is 0 Å². The van der Waals surface area contributed by atoms with Gasteiger partial charge in [0.25, 0.3) is 5.91 Å². The van der Waals surface area contributed by atoms with Crippen LogP contribution in [0.5, 0.6) is 0 Å². The van der Waals surface area contributed by atoms with Crippen LogP contribution in [-0.2, 0) is 0 Å². The van der Waals surface area contributed by atoms with E-state index in [4.69, 9.17) is 5.11 Å². The molecule has 0 spiro atoms. The van der Waals surface area contributed by atoms with Gasteiger partial charge in [-0.1, -0.05) is 12.1 Å². The van der Waals surface area contributed by atoms with Crippen molar-refractivity contribution in [2.24, 2.45) is 0 Å². The lowest BCUT2D eigenvalue weighted by Gasteiger charge is -2.19. The fourth-order valence-electron chi connectivity index (χ4n) is 2.28. The first kappa shape index (κ1) is 17.3. The van der Waals surface area contributed by atoms with Crippen LogP contribution in [-0.4, -0.2) is 53.1 Å². The molecule has 5 nitrogen and oxygen atoms in total. The average molecular weight is 333 g/mol. The molecule has 0 aliphatic rings. The number of thiophene rings is 1. The van der Waals surface area contributed by atoms with E-state index >= 15 is 0 Å². The first-order chi connectivity index (χ1) is 10.9. The summed E-state index contributed by atoms with van der Waals surface area (Å²) < 4.78 is 0. The quantitative estimate of drug-likeness (QED) is 0.793. The smallest absolute Gasteiger partial charge is 0.253 e. The number of amides is 1. The fraction of sp³-hybridized carbons (Fsp3) is 0.294. The van der Waals surface area contributed by atoms with Crippen LogP contribution < -0.4 is 0 Å². The number of hydrogen-bond acceptors (Lipinski definition) is 5. The molecule has 1 aromatic heterocycles. The van der Waals surface area contributed by atoms with Crippen LogP contribution in [0.3, 0.4) is 0 Å². The average Bonchev–Trinajstić information content (AvgIpc) is 3.04. The van der Waals surface area contributed by atoms with Crippen molar-refractivity contribution in [2.75, 3.05) is 20.2 Å². The van der Waals surface area contributed by atoms with Crippen molar-refractivity contribution in [3.8, 4) is 11.1 Å². The Labute approximate surface area is 138 Å². The summed E-state index contributed by atoms with van der Waals surface area (Å²) in [5.41, 5.74) is 2.23. The molecule has 2 rings (SSSR count). The zero-order chi connectivity index (χ0) is 17.0. The van der Waals surface area contributed by atoms with Crippen LogP contribution in [0.1, 0.15) is 27.0 Å². The van der Waals surface area contributed by atoms with Gasteiger partial charge in [-0.2, -0.15) is 0 Å². The maximum atomic E-state index is 12.3. The Hall–Kier alpha value is -2.02. The Balaban J connectivity index is 2.17. The Kier molecular flexibility index (Phi) is 5.65. The molecular formula is C17H19NO4S. The molecule has 122 valence electrons. The number of aliphatic hydroxyl groups is 2. The first-order valence-electron chi connectivity index (χ1n) is 7.17. The molecule has 2 aromatic rings. The highest BCUT2D eigenvalue weighted by Gasteiger charge is 2.16. The predicted octanol–water partition coefficient (Wildman–Crippen LogP) is 2.04. The number of carbonyl (C=O) groups excluding carboxylic acids is 2. The van der Waals surface area contributed by atoms with E-state index in [0.29, 0.717) is 10.4 Å². The minimum absolute atomic E-state index is 0.0212. The normalized spacial score (nSPS) is 12.0. The van der Waals surface area contributed by atoms with Crippen molar-refractivity contribution in [2.45, 2.75) is 13.0 Å². The lowest BCUT2D eigenvalue weighted by molar-refractivity contribution is 0.0520. The third-order valence-electron chi connectivity index (χ3n) is 3.47. The number of aliphatic hydroxyl groups excluding tert-OH is 2. The van der Waals surface area contributed by atoms with Gasteiger partial charge in [0.15, 0.2) is 5.78 Å². The third kappa shape index (κ3) is 4.04. The van der Waals surface area contributed by atoms with Crippen molar-refractivity contribution >= 4 is 23.0 Å². The highest BCUT2D eigenvalue weighted by molar-refractivity contribution is 7.12. The van der Waals surface area contributed by atoms with Crippen LogP contribution in [0.15, 0.2) is 35.7 Å². The Morgan fingerprint density at radius 3 is 2.43 bits per heavy atom. The maximum Gasteiger partial charge on any atom is 0.253 e. The van der Waals surface area contributed by atoms with E-state index in [9.17, 15) is 14.7 Å². The van der Waals surface area contributed by atoms with Crippen molar-refractivity contribution in [3.05, 3.63) is 46.2 Å². The summed E-state index contributed by atoms with van der Waals surface area (Å²) in [4.78, 5) is 25.9. The van der Waals surface area contributed by atoms with Crippen LogP contribution in [0.25, 0.3) is 11.1 Å². The molecule has 1 aromatic carbocycles. The molecule has 6 heteroatoms. The summed E-state index contributed by atoms with van der Waals surface area (Å²) in [5, 5.41) is 20.1. The van der Waals surface area contributed by atoms with Gasteiger partial charge in [0, 0.05) is 24.7 Å². The summed E-state index contributed by atoms with van der Waals surface area (Å²) in [7, 11) is 1.57. The second-order valence-electron chi connectivity index (χ2n) is 5.32. The highest BCUT2D eigenvalue weighted by Crippen LogP contribution is 2.29. The molecule has 1 atom stereocenters. The van der Waals surface area contributed by atoms with E-state index in [-0.39, 0.29) is 24.8 Å². The molecule has 0 fully saturated rings. The van der Waals surface area contributed by atoms with Crippen molar-refractivity contribution in [1.29, 1.82) is 0 Å². The van der Waals surface area contributed by atoms with Gasteiger partial charge in [0.2, 0.25) is 0 Å². The Morgan fingerprint density at radius 1 is 1.22 bits per heavy atom. The second kappa shape index (κ2) is 7.50. The molecule has 0 aliphatic carbocycles. The monoisotopic (exact) mass is 333 g/mol. The predicted molar refractivity (Wildman–Crippen MR) is 89.8 cm³/mol. The maximum absolute atomic E-state index is 12.3. The number of ketones is 1. The van der Waals surface area contributed by atoms with Gasteiger partial charge in [-0.25, -0.2) is 0 Å². The topological polar surface area (TPSA) is 77.8 Å². The van der Waals surface area contributed by atoms with Gasteiger partial charge in [-0.3, -0.25) is 9.59 Å². The number of rotatable bonds is 6. The molecule has 23 heavy (non-hydrogen) atoms. The number of likely N-dealkylation sites (N-methyl/N-ethyl adjacent to an activating group) is 1. The molecule has 0 aliphatic heterocycles. The molecule has 0 unspecified atom stereocenters. The number of carbonyl (C=O) groups is 2. The van der Waals surface area contributed by atoms with Crippen LogP contribution >= 0.6 is 11.3 Å². The second-order valence-corrected chi connectivity index (χ2v) is 6.24. The van der Waals surface area contributed by atoms with E-state index in [1.165, 1.54) is 23.2 Å². The third-order valence-corrected chi connectivity index (χ3v) is 4.49. The SMILES string of the molecule is CC(=O)c1sccc1-c1ccc(C(=O)N(C)C[C@H](O)CO)cc1.